The lowest BCUT2D eigenvalue weighted by molar-refractivity contribution is 0.0926. The molecule has 4 aromatic rings. The summed E-state index contributed by atoms with van der Waals surface area (Å²) < 4.78 is 7.45. The van der Waals surface area contributed by atoms with Crippen molar-refractivity contribution in [3.05, 3.63) is 88.1 Å². The largest absolute Gasteiger partial charge is 0.459 e. The minimum absolute atomic E-state index is 0.205. The van der Waals surface area contributed by atoms with Crippen molar-refractivity contribution in [1.82, 2.24) is 14.9 Å². The Kier molecular flexibility index (Phi) is 5.44. The van der Waals surface area contributed by atoms with Gasteiger partial charge in [-0.15, -0.1) is 0 Å². The lowest BCUT2D eigenvalue weighted by atomic mass is 9.94. The molecule has 4 rings (SSSR count). The van der Waals surface area contributed by atoms with Crippen molar-refractivity contribution in [3.63, 3.8) is 0 Å². The highest BCUT2D eigenvalue weighted by molar-refractivity contribution is 5.91. The van der Waals surface area contributed by atoms with Crippen molar-refractivity contribution in [2.24, 2.45) is 0 Å². The summed E-state index contributed by atoms with van der Waals surface area (Å²) in [7, 11) is 0. The van der Waals surface area contributed by atoms with Gasteiger partial charge in [0.25, 0.3) is 5.91 Å². The van der Waals surface area contributed by atoms with Crippen LogP contribution in [-0.2, 0) is 13.0 Å². The van der Waals surface area contributed by atoms with Gasteiger partial charge in [-0.1, -0.05) is 18.2 Å². The Bertz CT molecular complexity index is 1180. The van der Waals surface area contributed by atoms with Crippen LogP contribution in [0.2, 0.25) is 0 Å². The van der Waals surface area contributed by atoms with E-state index in [4.69, 9.17) is 9.40 Å². The number of amides is 1. The number of imidazole rings is 1. The molecule has 0 atom stereocenters. The summed E-state index contributed by atoms with van der Waals surface area (Å²) in [5, 5.41) is 2.92. The Morgan fingerprint density at radius 3 is 2.47 bits per heavy atom. The third-order valence-electron chi connectivity index (χ3n) is 5.95. The molecule has 0 aliphatic rings. The summed E-state index contributed by atoms with van der Waals surface area (Å²) in [5.41, 5.74) is 8.71. The fourth-order valence-electron chi connectivity index (χ4n) is 3.97. The molecule has 1 N–H and O–H groups in total. The molecule has 0 saturated heterocycles. The van der Waals surface area contributed by atoms with Gasteiger partial charge in [0.1, 0.15) is 5.82 Å². The van der Waals surface area contributed by atoms with Crippen LogP contribution in [0.5, 0.6) is 0 Å². The van der Waals surface area contributed by atoms with Gasteiger partial charge >= 0.3 is 0 Å². The van der Waals surface area contributed by atoms with E-state index in [2.05, 4.69) is 49.7 Å². The van der Waals surface area contributed by atoms with Crippen LogP contribution in [0.25, 0.3) is 11.0 Å². The Hall–Kier alpha value is -3.34. The van der Waals surface area contributed by atoms with Gasteiger partial charge in [0, 0.05) is 19.5 Å². The highest BCUT2D eigenvalue weighted by atomic mass is 16.3. The number of carbonyl (C=O) groups excluding carboxylic acids is 1. The summed E-state index contributed by atoms with van der Waals surface area (Å²) in [6.45, 7) is 9.99. The standard InChI is InChI=1S/C25H27N3O2/c1-16-14-17(2)19(4)20(18(16)3)15-28-22-9-6-5-8-21(22)27-24(28)11-12-26-25(29)23-10-7-13-30-23/h5-10,13-14H,11-12,15H2,1-4H3,(H,26,29). The number of nitrogens with one attached hydrogen (secondary N) is 1. The first kappa shape index (κ1) is 20.0. The summed E-state index contributed by atoms with van der Waals surface area (Å²) in [6, 6.07) is 13.8. The molecular formula is C25H27N3O2. The van der Waals surface area contributed by atoms with Crippen LogP contribution in [0, 0.1) is 27.7 Å². The number of aryl methyl sites for hydroxylation is 2. The van der Waals surface area contributed by atoms with E-state index in [1.165, 1.54) is 34.1 Å². The number of benzene rings is 2. The van der Waals surface area contributed by atoms with Gasteiger partial charge in [-0.3, -0.25) is 4.79 Å². The molecule has 5 heteroatoms. The number of nitrogens with zero attached hydrogens (tertiary/aromatic N) is 2. The van der Waals surface area contributed by atoms with E-state index in [1.807, 2.05) is 18.2 Å². The van der Waals surface area contributed by atoms with Crippen LogP contribution in [-0.4, -0.2) is 22.0 Å². The second kappa shape index (κ2) is 8.19. The van der Waals surface area contributed by atoms with E-state index in [0.29, 0.717) is 18.7 Å². The van der Waals surface area contributed by atoms with Crippen molar-refractivity contribution in [2.75, 3.05) is 6.54 Å². The quantitative estimate of drug-likeness (QED) is 0.501. The van der Waals surface area contributed by atoms with Crippen molar-refractivity contribution in [2.45, 2.75) is 40.7 Å². The fourth-order valence-corrected chi connectivity index (χ4v) is 3.97. The molecule has 154 valence electrons. The second-order valence-corrected chi connectivity index (χ2v) is 7.83. The number of fused-ring (bicyclic) bond motifs is 1. The highest BCUT2D eigenvalue weighted by Gasteiger charge is 2.15. The van der Waals surface area contributed by atoms with Crippen LogP contribution in [0.3, 0.4) is 0 Å². The number of aromatic nitrogens is 2. The minimum Gasteiger partial charge on any atom is -0.459 e. The Morgan fingerprint density at radius 2 is 1.77 bits per heavy atom. The third-order valence-corrected chi connectivity index (χ3v) is 5.95. The number of carbonyl (C=O) groups is 1. The predicted molar refractivity (Wildman–Crippen MR) is 119 cm³/mol. The lowest BCUT2D eigenvalue weighted by Gasteiger charge is -2.18. The average Bonchev–Trinajstić information content (AvgIpc) is 3.38. The summed E-state index contributed by atoms with van der Waals surface area (Å²) in [6.07, 6.45) is 2.15. The molecule has 0 saturated carbocycles. The molecule has 0 radical (unpaired) electrons. The molecule has 0 unspecified atom stereocenters. The maximum atomic E-state index is 12.2. The minimum atomic E-state index is -0.205. The number of hydrogen-bond donors (Lipinski definition) is 1. The average molecular weight is 402 g/mol. The van der Waals surface area contributed by atoms with E-state index < -0.39 is 0 Å². The normalized spacial score (nSPS) is 11.2. The van der Waals surface area contributed by atoms with E-state index in [1.54, 1.807) is 12.1 Å². The Morgan fingerprint density at radius 1 is 1.03 bits per heavy atom. The van der Waals surface area contributed by atoms with Gasteiger partial charge in [0.05, 0.1) is 17.3 Å². The van der Waals surface area contributed by atoms with Gasteiger partial charge in [-0.05, 0) is 79.8 Å². The smallest absolute Gasteiger partial charge is 0.286 e. The molecule has 5 nitrogen and oxygen atoms in total. The van der Waals surface area contributed by atoms with Gasteiger partial charge < -0.3 is 14.3 Å². The number of rotatable bonds is 6. The molecule has 0 aliphatic carbocycles. The molecule has 0 bridgehead atoms. The van der Waals surface area contributed by atoms with Crippen LogP contribution >= 0.6 is 0 Å². The zero-order chi connectivity index (χ0) is 21.3. The SMILES string of the molecule is Cc1cc(C)c(C)c(Cn2c(CCNC(=O)c3ccco3)nc3ccccc32)c1C. The van der Waals surface area contributed by atoms with Crippen molar-refractivity contribution < 1.29 is 9.21 Å². The fraction of sp³-hybridized carbons (Fsp3) is 0.280. The number of para-hydroxylation sites is 2. The highest BCUT2D eigenvalue weighted by Crippen LogP contribution is 2.25. The monoisotopic (exact) mass is 401 g/mol. The zero-order valence-corrected chi connectivity index (χ0v) is 18.0. The van der Waals surface area contributed by atoms with E-state index in [-0.39, 0.29) is 5.91 Å². The van der Waals surface area contributed by atoms with Crippen LogP contribution in [0.15, 0.2) is 53.1 Å². The molecule has 1 amide bonds. The third kappa shape index (κ3) is 3.75. The Labute approximate surface area is 176 Å². The van der Waals surface area contributed by atoms with Crippen molar-refractivity contribution in [3.8, 4) is 0 Å². The molecule has 2 aromatic carbocycles. The van der Waals surface area contributed by atoms with E-state index in [0.717, 1.165) is 23.4 Å². The van der Waals surface area contributed by atoms with Crippen molar-refractivity contribution >= 4 is 16.9 Å². The molecule has 0 aliphatic heterocycles. The lowest BCUT2D eigenvalue weighted by Crippen LogP contribution is -2.26. The molecule has 0 fully saturated rings. The first-order valence-electron chi connectivity index (χ1n) is 10.3. The zero-order valence-electron chi connectivity index (χ0n) is 18.0. The summed E-state index contributed by atoms with van der Waals surface area (Å²) in [4.78, 5) is 17.0. The van der Waals surface area contributed by atoms with E-state index >= 15 is 0 Å². The van der Waals surface area contributed by atoms with Gasteiger partial charge in [0.15, 0.2) is 5.76 Å². The maximum absolute atomic E-state index is 12.2. The second-order valence-electron chi connectivity index (χ2n) is 7.83. The van der Waals surface area contributed by atoms with Crippen LogP contribution in [0.4, 0.5) is 0 Å². The summed E-state index contributed by atoms with van der Waals surface area (Å²) in [5.74, 6) is 1.09. The van der Waals surface area contributed by atoms with Crippen LogP contribution in [0.1, 0.15) is 44.2 Å². The topological polar surface area (TPSA) is 60.1 Å². The predicted octanol–water partition coefficient (Wildman–Crippen LogP) is 4.88. The molecular weight excluding hydrogens is 374 g/mol. The van der Waals surface area contributed by atoms with Crippen molar-refractivity contribution in [1.29, 1.82) is 0 Å². The maximum Gasteiger partial charge on any atom is 0.286 e. The van der Waals surface area contributed by atoms with Gasteiger partial charge in [-0.2, -0.15) is 0 Å². The molecule has 0 spiro atoms. The van der Waals surface area contributed by atoms with Gasteiger partial charge in [-0.25, -0.2) is 4.98 Å². The molecule has 30 heavy (non-hydrogen) atoms. The first-order valence-corrected chi connectivity index (χ1v) is 10.3. The van der Waals surface area contributed by atoms with Crippen LogP contribution < -0.4 is 5.32 Å². The van der Waals surface area contributed by atoms with E-state index in [9.17, 15) is 4.79 Å². The molecule has 2 aromatic heterocycles. The molecule has 2 heterocycles. The first-order chi connectivity index (χ1) is 14.5. The number of hydrogen-bond acceptors (Lipinski definition) is 3. The summed E-state index contributed by atoms with van der Waals surface area (Å²) >= 11 is 0. The Balaban J connectivity index is 1.64. The number of furan rings is 1. The van der Waals surface area contributed by atoms with Gasteiger partial charge in [0.2, 0.25) is 0 Å².